The molecule has 172 valence electrons. The number of amides is 1. The molecule has 5 atom stereocenters. The minimum atomic E-state index is -0.922. The van der Waals surface area contributed by atoms with Gasteiger partial charge in [-0.3, -0.25) is 4.79 Å². The molecule has 0 bridgehead atoms. The van der Waals surface area contributed by atoms with Crippen LogP contribution in [0.5, 0.6) is 5.75 Å². The highest BCUT2D eigenvalue weighted by Gasteiger charge is 2.62. The van der Waals surface area contributed by atoms with Gasteiger partial charge in [0.15, 0.2) is 24.0 Å². The number of ether oxygens (including phenoxy) is 6. The highest BCUT2D eigenvalue weighted by molar-refractivity contribution is 5.96. The van der Waals surface area contributed by atoms with E-state index >= 15 is 0 Å². The normalized spacial score (nSPS) is 33.1. The summed E-state index contributed by atoms with van der Waals surface area (Å²) in [4.78, 5) is 13.3. The smallest absolute Gasteiger partial charge is 0.256 e. The predicted octanol–water partition coefficient (Wildman–Crippen LogP) is 3.45. The number of fused-ring (bicyclic) bond motifs is 3. The number of anilines is 1. The second kappa shape index (κ2) is 8.33. The first-order valence-corrected chi connectivity index (χ1v) is 10.9. The third-order valence-corrected chi connectivity index (χ3v) is 5.51. The van der Waals surface area contributed by atoms with Crippen molar-refractivity contribution in [3.8, 4) is 5.75 Å². The summed E-state index contributed by atoms with van der Waals surface area (Å²) in [5, 5.41) is 2.94. The molecule has 1 aromatic rings. The van der Waals surface area contributed by atoms with E-state index in [0.29, 0.717) is 24.0 Å². The van der Waals surface area contributed by atoms with Gasteiger partial charge in [-0.1, -0.05) is 26.0 Å². The van der Waals surface area contributed by atoms with Crippen molar-refractivity contribution < 1.29 is 33.2 Å². The van der Waals surface area contributed by atoms with Crippen molar-refractivity contribution in [3.63, 3.8) is 0 Å². The molecule has 3 aliphatic heterocycles. The molecular weight excluding hydrogens is 402 g/mol. The number of carbonyl (C=O) groups excluding carboxylic acids is 1. The molecule has 1 amide bonds. The maximum atomic E-state index is 13.3. The van der Waals surface area contributed by atoms with E-state index in [4.69, 9.17) is 28.4 Å². The standard InChI is InChI=1S/C23H33NO7/c1-13(2)11-12-26-15-10-8-7-9-14(15)24-20(25)18-16-17(29-22(3,4)28-16)19-21(27-18)31-23(5,6)30-19/h7-10,13,16-19,21H,11-12H2,1-6H3,(H,24,25). The maximum Gasteiger partial charge on any atom is 0.256 e. The maximum absolute atomic E-state index is 13.3. The van der Waals surface area contributed by atoms with Gasteiger partial charge >= 0.3 is 0 Å². The third-order valence-electron chi connectivity index (χ3n) is 5.51. The number of hydrogen-bond donors (Lipinski definition) is 1. The van der Waals surface area contributed by atoms with Gasteiger partial charge in [0.2, 0.25) is 0 Å². The lowest BCUT2D eigenvalue weighted by atomic mass is 9.98. The van der Waals surface area contributed by atoms with Gasteiger partial charge in [-0.2, -0.15) is 0 Å². The Morgan fingerprint density at radius 3 is 2.39 bits per heavy atom. The Morgan fingerprint density at radius 1 is 1.00 bits per heavy atom. The Hall–Kier alpha value is -1.71. The van der Waals surface area contributed by atoms with E-state index in [9.17, 15) is 4.79 Å². The fourth-order valence-electron chi connectivity index (χ4n) is 4.13. The highest BCUT2D eigenvalue weighted by Crippen LogP contribution is 2.44. The molecule has 3 aliphatic rings. The molecule has 0 aliphatic carbocycles. The summed E-state index contributed by atoms with van der Waals surface area (Å²) in [6.07, 6.45) is -2.30. The van der Waals surface area contributed by atoms with Crippen molar-refractivity contribution in [1.82, 2.24) is 0 Å². The summed E-state index contributed by atoms with van der Waals surface area (Å²) >= 11 is 0. The van der Waals surface area contributed by atoms with Crippen molar-refractivity contribution in [3.05, 3.63) is 24.3 Å². The van der Waals surface area contributed by atoms with Gasteiger partial charge < -0.3 is 33.7 Å². The first-order valence-electron chi connectivity index (χ1n) is 10.9. The quantitative estimate of drug-likeness (QED) is 0.733. The monoisotopic (exact) mass is 435 g/mol. The van der Waals surface area contributed by atoms with Crippen LogP contribution < -0.4 is 10.1 Å². The number of benzene rings is 1. The number of hydrogen-bond acceptors (Lipinski definition) is 7. The third kappa shape index (κ3) is 4.88. The van der Waals surface area contributed by atoms with E-state index in [1.807, 2.05) is 45.9 Å². The van der Waals surface area contributed by atoms with E-state index in [2.05, 4.69) is 19.2 Å². The summed E-state index contributed by atoms with van der Waals surface area (Å²) in [5.74, 6) is -0.892. The Labute approximate surface area is 183 Å². The molecule has 0 radical (unpaired) electrons. The van der Waals surface area contributed by atoms with E-state index in [1.54, 1.807) is 6.07 Å². The molecule has 31 heavy (non-hydrogen) atoms. The molecule has 0 aromatic heterocycles. The molecule has 8 nitrogen and oxygen atoms in total. The molecule has 1 aromatic carbocycles. The first-order chi connectivity index (χ1) is 14.5. The van der Waals surface area contributed by atoms with Gasteiger partial charge in [-0.15, -0.1) is 0 Å². The van der Waals surface area contributed by atoms with Gasteiger partial charge in [-0.05, 0) is 52.2 Å². The van der Waals surface area contributed by atoms with Crippen LogP contribution in [0.25, 0.3) is 0 Å². The van der Waals surface area contributed by atoms with Crippen LogP contribution in [-0.2, 0) is 28.5 Å². The van der Waals surface area contributed by atoms with Crippen LogP contribution in [-0.4, -0.2) is 54.8 Å². The average Bonchev–Trinajstić information content (AvgIpc) is 3.15. The van der Waals surface area contributed by atoms with Gasteiger partial charge in [-0.25, -0.2) is 0 Å². The SMILES string of the molecule is CC(C)CCOc1ccccc1NC(=O)C1OC2OC(C)(C)OC2C2OC(C)(C)OC12. The van der Waals surface area contributed by atoms with Crippen LogP contribution in [0.15, 0.2) is 24.3 Å². The predicted molar refractivity (Wildman–Crippen MR) is 113 cm³/mol. The van der Waals surface area contributed by atoms with Crippen LogP contribution in [0, 0.1) is 5.92 Å². The number of carbonyl (C=O) groups is 1. The lowest BCUT2D eigenvalue weighted by molar-refractivity contribution is -0.229. The second-order valence-corrected chi connectivity index (χ2v) is 9.61. The summed E-state index contributed by atoms with van der Waals surface area (Å²) in [5.41, 5.74) is 0.584. The van der Waals surface area contributed by atoms with Crippen LogP contribution >= 0.6 is 0 Å². The fraction of sp³-hybridized carbons (Fsp3) is 0.696. The van der Waals surface area contributed by atoms with E-state index in [1.165, 1.54) is 0 Å². The summed E-state index contributed by atoms with van der Waals surface area (Å²) < 4.78 is 35.9. The lowest BCUT2D eigenvalue weighted by Gasteiger charge is -2.36. The van der Waals surface area contributed by atoms with Crippen molar-refractivity contribution >= 4 is 11.6 Å². The molecule has 1 N–H and O–H groups in total. The van der Waals surface area contributed by atoms with Crippen molar-refractivity contribution in [1.29, 1.82) is 0 Å². The van der Waals surface area contributed by atoms with Gasteiger partial charge in [0.25, 0.3) is 5.91 Å². The summed E-state index contributed by atoms with van der Waals surface area (Å²) in [7, 11) is 0. The summed E-state index contributed by atoms with van der Waals surface area (Å²) in [6, 6.07) is 7.37. The van der Waals surface area contributed by atoms with Crippen LogP contribution in [0.3, 0.4) is 0 Å². The molecule has 4 rings (SSSR count). The molecule has 3 saturated heterocycles. The van der Waals surface area contributed by atoms with E-state index in [-0.39, 0.29) is 5.91 Å². The Morgan fingerprint density at radius 2 is 1.65 bits per heavy atom. The highest BCUT2D eigenvalue weighted by atomic mass is 16.9. The molecule has 3 heterocycles. The number of rotatable bonds is 6. The Kier molecular flexibility index (Phi) is 6.04. The molecule has 0 saturated carbocycles. The molecule has 0 spiro atoms. The van der Waals surface area contributed by atoms with Gasteiger partial charge in [0, 0.05) is 0 Å². The zero-order chi connectivity index (χ0) is 22.4. The summed E-state index contributed by atoms with van der Waals surface area (Å²) in [6.45, 7) is 12.1. The zero-order valence-corrected chi connectivity index (χ0v) is 19.0. The average molecular weight is 436 g/mol. The van der Waals surface area contributed by atoms with Crippen LogP contribution in [0.4, 0.5) is 5.69 Å². The van der Waals surface area contributed by atoms with Crippen LogP contribution in [0.1, 0.15) is 48.0 Å². The fourth-order valence-corrected chi connectivity index (χ4v) is 4.13. The van der Waals surface area contributed by atoms with E-state index in [0.717, 1.165) is 6.42 Å². The molecule has 5 unspecified atom stereocenters. The lowest BCUT2D eigenvalue weighted by Crippen LogP contribution is -2.58. The second-order valence-electron chi connectivity index (χ2n) is 9.61. The number of nitrogens with one attached hydrogen (secondary N) is 1. The number of para-hydroxylation sites is 2. The zero-order valence-electron chi connectivity index (χ0n) is 19.0. The minimum absolute atomic E-state index is 0.344. The van der Waals surface area contributed by atoms with Gasteiger partial charge in [0.05, 0.1) is 12.3 Å². The molecular formula is C23H33NO7. The topological polar surface area (TPSA) is 84.5 Å². The Bertz CT molecular complexity index is 809. The van der Waals surface area contributed by atoms with Gasteiger partial charge in [0.1, 0.15) is 24.1 Å². The molecule has 3 fully saturated rings. The van der Waals surface area contributed by atoms with Crippen molar-refractivity contribution in [2.75, 3.05) is 11.9 Å². The van der Waals surface area contributed by atoms with Crippen molar-refractivity contribution in [2.45, 2.75) is 90.2 Å². The first kappa shape index (κ1) is 22.5. The minimum Gasteiger partial charge on any atom is -0.491 e. The Balaban J connectivity index is 1.51. The largest absolute Gasteiger partial charge is 0.491 e. The molecule has 8 heteroatoms. The van der Waals surface area contributed by atoms with Crippen LogP contribution in [0.2, 0.25) is 0 Å². The van der Waals surface area contributed by atoms with E-state index < -0.39 is 42.3 Å². The van der Waals surface area contributed by atoms with Crippen molar-refractivity contribution in [2.24, 2.45) is 5.92 Å².